The Kier molecular flexibility index (Phi) is 11.3. The van der Waals surface area contributed by atoms with Crippen molar-refractivity contribution >= 4 is 5.78 Å². The van der Waals surface area contributed by atoms with Gasteiger partial charge in [0.25, 0.3) is 0 Å². The van der Waals surface area contributed by atoms with E-state index in [9.17, 15) is 9.18 Å². The van der Waals surface area contributed by atoms with E-state index in [2.05, 4.69) is 25.1 Å². The first-order valence-corrected chi connectivity index (χ1v) is 9.83. The third-order valence-corrected chi connectivity index (χ3v) is 4.39. The molecule has 0 aromatic heterocycles. The number of Topliss-reactive ketones (excluding diaryl/α,β-unsaturated/α-hetero) is 1. The highest BCUT2D eigenvalue weighted by Gasteiger charge is 2.12. The van der Waals surface area contributed by atoms with Crippen LogP contribution in [-0.4, -0.2) is 37.4 Å². The number of carbonyl (C=O) groups is 1. The molecule has 0 atom stereocenters. The molecule has 3 nitrogen and oxygen atoms in total. The summed E-state index contributed by atoms with van der Waals surface area (Å²) >= 11 is 0. The Morgan fingerprint density at radius 2 is 1.93 bits per heavy atom. The molecule has 0 spiro atoms. The highest BCUT2D eigenvalue weighted by Crippen LogP contribution is 2.19. The van der Waals surface area contributed by atoms with Gasteiger partial charge in [0.2, 0.25) is 0 Å². The van der Waals surface area contributed by atoms with Crippen molar-refractivity contribution < 1.29 is 13.9 Å². The van der Waals surface area contributed by atoms with Gasteiger partial charge in [0.05, 0.1) is 12.2 Å². The zero-order valence-electron chi connectivity index (χ0n) is 16.9. The third kappa shape index (κ3) is 10.1. The third-order valence-electron chi connectivity index (χ3n) is 4.39. The largest absolute Gasteiger partial charge is 0.493 e. The Labute approximate surface area is 163 Å². The number of halogens is 1. The van der Waals surface area contributed by atoms with E-state index >= 15 is 0 Å². The van der Waals surface area contributed by atoms with Crippen LogP contribution >= 0.6 is 0 Å². The molecule has 1 aromatic rings. The molecule has 0 saturated carbocycles. The number of hydrogen-bond donors (Lipinski definition) is 0. The number of unbranched alkanes of at least 4 members (excludes halogenated alkanes) is 3. The van der Waals surface area contributed by atoms with Crippen LogP contribution in [0.15, 0.2) is 43.0 Å². The van der Waals surface area contributed by atoms with Crippen LogP contribution in [0, 0.1) is 5.82 Å². The predicted molar refractivity (Wildman–Crippen MR) is 111 cm³/mol. The molecule has 0 fully saturated rings. The lowest BCUT2D eigenvalue weighted by molar-refractivity contribution is 0.0976. The number of ketones is 1. The molecule has 0 unspecified atom stereocenters. The lowest BCUT2D eigenvalue weighted by Crippen LogP contribution is -2.19. The molecule has 1 rings (SSSR count). The average Bonchev–Trinajstić information content (AvgIpc) is 2.60. The monoisotopic (exact) mass is 375 g/mol. The van der Waals surface area contributed by atoms with Crippen LogP contribution in [-0.2, 0) is 0 Å². The molecule has 0 aliphatic carbocycles. The minimum absolute atomic E-state index is 0.146. The molecular formula is C23H34FNO2. The highest BCUT2D eigenvalue weighted by molar-refractivity contribution is 5.96. The molecule has 27 heavy (non-hydrogen) atoms. The maximum atomic E-state index is 14.2. The van der Waals surface area contributed by atoms with Crippen LogP contribution in [0.3, 0.4) is 0 Å². The number of allylic oxidation sites excluding steroid dienone is 1. The van der Waals surface area contributed by atoms with Gasteiger partial charge < -0.3 is 9.64 Å². The van der Waals surface area contributed by atoms with Gasteiger partial charge in [-0.1, -0.05) is 24.5 Å². The minimum Gasteiger partial charge on any atom is -0.493 e. The van der Waals surface area contributed by atoms with Crippen molar-refractivity contribution in [3.63, 3.8) is 0 Å². The Morgan fingerprint density at radius 1 is 1.19 bits per heavy atom. The van der Waals surface area contributed by atoms with Crippen molar-refractivity contribution in [3.8, 4) is 5.75 Å². The number of likely N-dealkylation sites (N-methyl/N-ethyl adjacent to an activating group) is 1. The summed E-state index contributed by atoms with van der Waals surface area (Å²) in [6.07, 6.45) is 8.07. The van der Waals surface area contributed by atoms with E-state index in [1.807, 2.05) is 13.0 Å². The van der Waals surface area contributed by atoms with Crippen molar-refractivity contribution in [2.75, 3.05) is 26.7 Å². The number of ether oxygens (including phenoxy) is 1. The molecule has 0 aliphatic rings. The van der Waals surface area contributed by atoms with Gasteiger partial charge in [-0.15, -0.1) is 13.2 Å². The summed E-state index contributed by atoms with van der Waals surface area (Å²) < 4.78 is 19.8. The van der Waals surface area contributed by atoms with Gasteiger partial charge in [0, 0.05) is 19.0 Å². The average molecular weight is 376 g/mol. The number of hydrogen-bond acceptors (Lipinski definition) is 3. The molecule has 1 aromatic carbocycles. The molecule has 0 bridgehead atoms. The lowest BCUT2D eigenvalue weighted by Gasteiger charge is -2.13. The topological polar surface area (TPSA) is 29.5 Å². The normalized spacial score (nSPS) is 10.8. The summed E-state index contributed by atoms with van der Waals surface area (Å²) in [6.45, 7) is 12.0. The standard InChI is InChI=1S/C23H34FNO2/c1-5-15-25(4)16-8-6-7-9-17-27-20-13-14-21(22(24)18-20)23(26)12-10-11-19(2)3/h5,13-14,18H,1-2,6-12,15-17H2,3-4H3. The molecule has 0 amide bonds. The van der Waals surface area contributed by atoms with Crippen molar-refractivity contribution in [2.24, 2.45) is 0 Å². The molecule has 0 aliphatic heterocycles. The first kappa shape index (κ1) is 23.1. The Balaban J connectivity index is 2.27. The van der Waals surface area contributed by atoms with Crippen LogP contribution in [0.1, 0.15) is 62.2 Å². The number of nitrogens with zero attached hydrogens (tertiary/aromatic N) is 1. The zero-order valence-corrected chi connectivity index (χ0v) is 16.9. The van der Waals surface area contributed by atoms with Crippen molar-refractivity contribution in [3.05, 3.63) is 54.4 Å². The Bertz CT molecular complexity index is 612. The van der Waals surface area contributed by atoms with Crippen LogP contribution in [0.4, 0.5) is 4.39 Å². The Morgan fingerprint density at radius 3 is 2.59 bits per heavy atom. The van der Waals surface area contributed by atoms with Crippen LogP contribution in [0.2, 0.25) is 0 Å². The van der Waals surface area contributed by atoms with Gasteiger partial charge in [0.1, 0.15) is 11.6 Å². The van der Waals surface area contributed by atoms with Gasteiger partial charge in [0.15, 0.2) is 5.78 Å². The molecule has 0 saturated heterocycles. The molecule has 0 heterocycles. The fourth-order valence-corrected chi connectivity index (χ4v) is 2.84. The number of carbonyl (C=O) groups excluding carboxylic acids is 1. The highest BCUT2D eigenvalue weighted by atomic mass is 19.1. The fourth-order valence-electron chi connectivity index (χ4n) is 2.84. The van der Waals surface area contributed by atoms with Crippen LogP contribution in [0.5, 0.6) is 5.75 Å². The van der Waals surface area contributed by atoms with E-state index in [-0.39, 0.29) is 11.3 Å². The van der Waals surface area contributed by atoms with Crippen molar-refractivity contribution in [1.29, 1.82) is 0 Å². The number of rotatable bonds is 15. The van der Waals surface area contributed by atoms with Gasteiger partial charge in [-0.2, -0.15) is 0 Å². The van der Waals surface area contributed by atoms with Crippen LogP contribution < -0.4 is 4.74 Å². The lowest BCUT2D eigenvalue weighted by atomic mass is 10.0. The molecule has 0 N–H and O–H groups in total. The summed E-state index contributed by atoms with van der Waals surface area (Å²) in [5.74, 6) is -0.184. The first-order valence-electron chi connectivity index (χ1n) is 9.83. The zero-order chi connectivity index (χ0) is 20.1. The maximum Gasteiger partial charge on any atom is 0.165 e. The summed E-state index contributed by atoms with van der Waals surface area (Å²) in [6, 6.07) is 4.53. The molecule has 0 radical (unpaired) electrons. The molecule has 150 valence electrons. The van der Waals surface area contributed by atoms with E-state index in [0.29, 0.717) is 25.2 Å². The second-order valence-corrected chi connectivity index (χ2v) is 7.19. The first-order chi connectivity index (χ1) is 12.9. The van der Waals surface area contributed by atoms with Crippen molar-refractivity contribution in [2.45, 2.75) is 51.9 Å². The maximum absolute atomic E-state index is 14.2. The summed E-state index contributed by atoms with van der Waals surface area (Å²) in [7, 11) is 2.09. The number of benzene rings is 1. The van der Waals surface area contributed by atoms with E-state index < -0.39 is 5.82 Å². The quantitative estimate of drug-likeness (QED) is 0.220. The minimum atomic E-state index is -0.502. The van der Waals surface area contributed by atoms with Gasteiger partial charge in [-0.25, -0.2) is 4.39 Å². The SMILES string of the molecule is C=CCN(C)CCCCCCOc1ccc(C(=O)CCCC(=C)C)c(F)c1. The fraction of sp³-hybridized carbons (Fsp3) is 0.522. The van der Waals surface area contributed by atoms with Gasteiger partial charge in [-0.3, -0.25) is 4.79 Å². The Hall–Kier alpha value is -1.94. The predicted octanol–water partition coefficient (Wildman–Crippen LogP) is 5.81. The van der Waals surface area contributed by atoms with E-state index in [1.54, 1.807) is 6.07 Å². The van der Waals surface area contributed by atoms with Crippen molar-refractivity contribution in [1.82, 2.24) is 4.90 Å². The summed E-state index contributed by atoms with van der Waals surface area (Å²) in [5.41, 5.74) is 1.18. The molecule has 4 heteroatoms. The summed E-state index contributed by atoms with van der Waals surface area (Å²) in [5, 5.41) is 0. The second kappa shape index (κ2) is 13.3. The van der Waals surface area contributed by atoms with E-state index in [1.165, 1.54) is 12.1 Å². The van der Waals surface area contributed by atoms with Crippen LogP contribution in [0.25, 0.3) is 0 Å². The second-order valence-electron chi connectivity index (χ2n) is 7.19. The smallest absolute Gasteiger partial charge is 0.165 e. The summed E-state index contributed by atoms with van der Waals surface area (Å²) in [4.78, 5) is 14.3. The van der Waals surface area contributed by atoms with E-state index in [4.69, 9.17) is 4.74 Å². The molecular weight excluding hydrogens is 341 g/mol. The van der Waals surface area contributed by atoms with Gasteiger partial charge in [-0.05, 0) is 58.3 Å². The van der Waals surface area contributed by atoms with Gasteiger partial charge >= 0.3 is 0 Å². The van der Waals surface area contributed by atoms with E-state index in [0.717, 1.165) is 50.8 Å².